The number of piperidine rings is 2. The second-order valence-corrected chi connectivity index (χ2v) is 8.37. The zero-order valence-corrected chi connectivity index (χ0v) is 15.6. The van der Waals surface area contributed by atoms with Crippen molar-refractivity contribution in [2.24, 2.45) is 5.41 Å². The van der Waals surface area contributed by atoms with E-state index >= 15 is 0 Å². The Morgan fingerprint density at radius 2 is 2.23 bits per heavy atom. The van der Waals surface area contributed by atoms with E-state index in [2.05, 4.69) is 14.9 Å². The number of amides is 1. The number of aromatic amines is 1. The number of likely N-dealkylation sites (tertiary alicyclic amines) is 2. The van der Waals surface area contributed by atoms with Gasteiger partial charge < -0.3 is 19.7 Å². The number of rotatable bonds is 3. The highest BCUT2D eigenvalue weighted by molar-refractivity contribution is 5.92. The van der Waals surface area contributed by atoms with Crippen molar-refractivity contribution in [1.29, 1.82) is 0 Å². The van der Waals surface area contributed by atoms with E-state index in [1.54, 1.807) is 6.20 Å². The van der Waals surface area contributed by atoms with Crippen LogP contribution < -0.4 is 0 Å². The third kappa shape index (κ3) is 3.80. The Morgan fingerprint density at radius 3 is 2.92 bits per heavy atom. The Bertz CT molecular complexity index is 638. The molecule has 3 fully saturated rings. The average Bonchev–Trinajstić information content (AvgIpc) is 3.22. The first kappa shape index (κ1) is 17.9. The van der Waals surface area contributed by atoms with Gasteiger partial charge in [0.05, 0.1) is 25.0 Å². The first-order valence-corrected chi connectivity index (χ1v) is 9.86. The summed E-state index contributed by atoms with van der Waals surface area (Å²) in [6.45, 7) is 7.01. The van der Waals surface area contributed by atoms with Gasteiger partial charge in [0.1, 0.15) is 11.5 Å². The van der Waals surface area contributed by atoms with Crippen molar-refractivity contribution in [2.75, 3.05) is 39.3 Å². The third-order valence-corrected chi connectivity index (χ3v) is 6.27. The lowest BCUT2D eigenvalue weighted by molar-refractivity contribution is 0.0227. The maximum Gasteiger partial charge on any atom is 0.271 e. The Kier molecular flexibility index (Phi) is 5.03. The number of ether oxygens (including phenoxy) is 1. The number of aryl methyl sites for hydroxylation is 1. The van der Waals surface area contributed by atoms with Crippen LogP contribution in [0.5, 0.6) is 0 Å². The molecule has 0 bridgehead atoms. The van der Waals surface area contributed by atoms with Crippen LogP contribution in [0, 0.1) is 12.3 Å². The normalized spacial score (nSPS) is 29.4. The molecule has 2 atom stereocenters. The van der Waals surface area contributed by atoms with Crippen LogP contribution in [0.15, 0.2) is 6.20 Å². The van der Waals surface area contributed by atoms with Gasteiger partial charge in [-0.05, 0) is 51.0 Å². The van der Waals surface area contributed by atoms with Gasteiger partial charge in [0.2, 0.25) is 0 Å². The summed E-state index contributed by atoms with van der Waals surface area (Å²) in [6.07, 6.45) is 6.79. The van der Waals surface area contributed by atoms with Gasteiger partial charge in [-0.2, -0.15) is 0 Å². The molecular weight excluding hydrogens is 332 g/mol. The number of aromatic nitrogens is 2. The van der Waals surface area contributed by atoms with Crippen molar-refractivity contribution in [3.8, 4) is 0 Å². The molecule has 0 aromatic carbocycles. The Balaban J connectivity index is 1.28. The van der Waals surface area contributed by atoms with Crippen LogP contribution in [-0.4, -0.2) is 82.3 Å². The van der Waals surface area contributed by atoms with Crippen molar-refractivity contribution in [1.82, 2.24) is 19.8 Å². The predicted molar refractivity (Wildman–Crippen MR) is 96.9 cm³/mol. The monoisotopic (exact) mass is 362 g/mol. The molecular formula is C19H30N4O3. The van der Waals surface area contributed by atoms with Crippen LogP contribution in [0.2, 0.25) is 0 Å². The molecule has 1 aromatic rings. The Labute approximate surface area is 154 Å². The molecule has 1 aromatic heterocycles. The van der Waals surface area contributed by atoms with Crippen molar-refractivity contribution in [2.45, 2.75) is 51.2 Å². The van der Waals surface area contributed by atoms with E-state index in [9.17, 15) is 9.90 Å². The minimum absolute atomic E-state index is 0.0539. The van der Waals surface area contributed by atoms with Crippen LogP contribution in [0.3, 0.4) is 0 Å². The van der Waals surface area contributed by atoms with E-state index in [4.69, 9.17) is 4.74 Å². The number of aliphatic hydroxyl groups is 1. The zero-order valence-electron chi connectivity index (χ0n) is 15.6. The summed E-state index contributed by atoms with van der Waals surface area (Å²) in [5.74, 6) is 0.829. The smallest absolute Gasteiger partial charge is 0.271 e. The van der Waals surface area contributed by atoms with E-state index in [1.807, 2.05) is 11.8 Å². The van der Waals surface area contributed by atoms with Gasteiger partial charge in [0.25, 0.3) is 5.91 Å². The molecule has 0 unspecified atom stereocenters. The molecule has 4 rings (SSSR count). The summed E-state index contributed by atoms with van der Waals surface area (Å²) in [6, 6.07) is 0. The van der Waals surface area contributed by atoms with Crippen molar-refractivity contribution >= 4 is 5.91 Å². The lowest BCUT2D eigenvalue weighted by atomic mass is 9.76. The maximum absolute atomic E-state index is 12.6. The number of H-pyrrole nitrogens is 1. The number of carbonyl (C=O) groups excluding carboxylic acids is 1. The molecule has 26 heavy (non-hydrogen) atoms. The highest BCUT2D eigenvalue weighted by Crippen LogP contribution is 2.42. The van der Waals surface area contributed by atoms with Crippen molar-refractivity contribution in [3.05, 3.63) is 17.7 Å². The first-order chi connectivity index (χ1) is 12.5. The van der Waals surface area contributed by atoms with Crippen LogP contribution >= 0.6 is 0 Å². The lowest BCUT2D eigenvalue weighted by Crippen LogP contribution is -2.44. The fourth-order valence-corrected chi connectivity index (χ4v) is 4.73. The molecule has 1 spiro atoms. The van der Waals surface area contributed by atoms with Gasteiger partial charge in [0, 0.05) is 26.2 Å². The van der Waals surface area contributed by atoms with Crippen LogP contribution in [0.25, 0.3) is 0 Å². The van der Waals surface area contributed by atoms with E-state index in [-0.39, 0.29) is 23.5 Å². The van der Waals surface area contributed by atoms with Crippen LogP contribution in [-0.2, 0) is 4.74 Å². The summed E-state index contributed by atoms with van der Waals surface area (Å²) in [5, 5.41) is 9.85. The van der Waals surface area contributed by atoms with E-state index < -0.39 is 0 Å². The molecule has 3 aliphatic rings. The molecule has 2 N–H and O–H groups in total. The average molecular weight is 362 g/mol. The van der Waals surface area contributed by atoms with Crippen LogP contribution in [0.4, 0.5) is 0 Å². The molecule has 7 nitrogen and oxygen atoms in total. The van der Waals surface area contributed by atoms with E-state index in [0.29, 0.717) is 5.69 Å². The van der Waals surface area contributed by atoms with Crippen molar-refractivity contribution in [3.63, 3.8) is 0 Å². The topological polar surface area (TPSA) is 81.7 Å². The fraction of sp³-hybridized carbons (Fsp3) is 0.789. The predicted octanol–water partition coefficient (Wildman–Crippen LogP) is 1.19. The molecule has 0 saturated carbocycles. The zero-order chi connectivity index (χ0) is 18.1. The minimum atomic E-state index is -0.181. The van der Waals surface area contributed by atoms with E-state index in [0.717, 1.165) is 77.3 Å². The standard InChI is InChI=1S/C19H30N4O3/c1-14-20-10-17(21-14)18(25)23-7-4-19(5-8-23)9-16(26-13-19)12-22-6-2-3-15(24)11-22/h10,15-16,24H,2-9,11-13H2,1H3,(H,20,21)/t15-,16-/m1/s1. The Hall–Kier alpha value is -1.44. The van der Waals surface area contributed by atoms with Gasteiger partial charge in [-0.3, -0.25) is 9.69 Å². The van der Waals surface area contributed by atoms with Gasteiger partial charge >= 0.3 is 0 Å². The molecule has 0 aliphatic carbocycles. The summed E-state index contributed by atoms with van der Waals surface area (Å²) < 4.78 is 6.13. The first-order valence-electron chi connectivity index (χ1n) is 9.86. The summed E-state index contributed by atoms with van der Waals surface area (Å²) in [4.78, 5) is 24.0. The summed E-state index contributed by atoms with van der Waals surface area (Å²) in [5.41, 5.74) is 0.808. The maximum atomic E-state index is 12.6. The third-order valence-electron chi connectivity index (χ3n) is 6.27. The number of imidazole rings is 1. The molecule has 144 valence electrons. The second kappa shape index (κ2) is 7.29. The number of carbonyl (C=O) groups is 1. The molecule has 1 amide bonds. The fourth-order valence-electron chi connectivity index (χ4n) is 4.73. The van der Waals surface area contributed by atoms with Gasteiger partial charge in [-0.25, -0.2) is 4.98 Å². The second-order valence-electron chi connectivity index (χ2n) is 8.37. The SMILES string of the molecule is Cc1ncc(C(=O)N2CCC3(CC2)CO[C@@H](CN2CCC[C@@H](O)C2)C3)[nH]1. The quantitative estimate of drug-likeness (QED) is 0.844. The number of aliphatic hydroxyl groups excluding tert-OH is 1. The molecule has 7 heteroatoms. The lowest BCUT2D eigenvalue weighted by Gasteiger charge is -2.38. The number of hydrogen-bond donors (Lipinski definition) is 2. The molecule has 3 aliphatic heterocycles. The van der Waals surface area contributed by atoms with Crippen molar-refractivity contribution < 1.29 is 14.6 Å². The number of nitrogens with zero attached hydrogens (tertiary/aromatic N) is 3. The number of β-amino-alcohol motifs (C(OH)–C–C–N with tert-alkyl or cyclic N) is 1. The number of hydrogen-bond acceptors (Lipinski definition) is 5. The molecule has 3 saturated heterocycles. The highest BCUT2D eigenvalue weighted by atomic mass is 16.5. The minimum Gasteiger partial charge on any atom is -0.392 e. The largest absolute Gasteiger partial charge is 0.392 e. The summed E-state index contributed by atoms with van der Waals surface area (Å²) in [7, 11) is 0. The molecule has 4 heterocycles. The summed E-state index contributed by atoms with van der Waals surface area (Å²) >= 11 is 0. The highest BCUT2D eigenvalue weighted by Gasteiger charge is 2.43. The van der Waals surface area contributed by atoms with Gasteiger partial charge in [-0.1, -0.05) is 0 Å². The van der Waals surface area contributed by atoms with Gasteiger partial charge in [-0.15, -0.1) is 0 Å². The number of nitrogens with one attached hydrogen (secondary N) is 1. The van der Waals surface area contributed by atoms with E-state index in [1.165, 1.54) is 0 Å². The Morgan fingerprint density at radius 1 is 1.42 bits per heavy atom. The van der Waals surface area contributed by atoms with Gasteiger partial charge in [0.15, 0.2) is 0 Å². The van der Waals surface area contributed by atoms with Crippen LogP contribution in [0.1, 0.15) is 48.4 Å². The molecule has 0 radical (unpaired) electrons.